The van der Waals surface area contributed by atoms with Gasteiger partial charge in [-0.2, -0.15) is 0 Å². The topological polar surface area (TPSA) is 9.23 Å². The Morgan fingerprint density at radius 3 is 2.14 bits per heavy atom. The molecule has 0 saturated heterocycles. The van der Waals surface area contributed by atoms with Crippen LogP contribution in [0, 0.1) is 23.4 Å². The zero-order valence-corrected chi connectivity index (χ0v) is 20.9. The number of alkyl halides is 3. The molecule has 0 amide bonds. The molecule has 1 fully saturated rings. The van der Waals surface area contributed by atoms with Gasteiger partial charge in [0.2, 0.25) is 0 Å². The Balaban J connectivity index is 1.40. The Hall–Kier alpha value is -2.70. The Morgan fingerprint density at radius 2 is 1.49 bits per heavy atom. The van der Waals surface area contributed by atoms with Crippen molar-refractivity contribution in [3.8, 4) is 5.75 Å². The molecule has 37 heavy (non-hydrogen) atoms. The number of hydrogen-bond donors (Lipinski definition) is 0. The lowest BCUT2D eigenvalue weighted by Crippen LogP contribution is -2.18. The van der Waals surface area contributed by atoms with Crippen LogP contribution in [0.1, 0.15) is 80.9 Å². The van der Waals surface area contributed by atoms with Gasteiger partial charge < -0.3 is 4.74 Å². The summed E-state index contributed by atoms with van der Waals surface area (Å²) in [5, 5.41) is 0.426. The van der Waals surface area contributed by atoms with E-state index in [0.29, 0.717) is 29.7 Å². The third kappa shape index (κ3) is 6.99. The van der Waals surface area contributed by atoms with Crippen LogP contribution in [0.3, 0.4) is 0 Å². The van der Waals surface area contributed by atoms with Crippen LogP contribution in [0.4, 0.5) is 26.3 Å². The molecule has 0 atom stereocenters. The summed E-state index contributed by atoms with van der Waals surface area (Å²) in [4.78, 5) is 0. The Kier molecular flexibility index (Phi) is 8.71. The number of unbranched alkanes of at least 4 members (excludes halogenated alkanes) is 2. The molecule has 0 N–H and O–H groups in total. The molecule has 3 aromatic rings. The molecular formula is C30H32F6O. The molecule has 0 aromatic heterocycles. The van der Waals surface area contributed by atoms with Crippen LogP contribution in [0.5, 0.6) is 5.75 Å². The van der Waals surface area contributed by atoms with Crippen molar-refractivity contribution >= 4 is 10.8 Å². The maximum atomic E-state index is 15.0. The molecule has 0 bridgehead atoms. The zero-order chi connectivity index (χ0) is 26.6. The highest BCUT2D eigenvalue weighted by molar-refractivity contribution is 5.85. The highest BCUT2D eigenvalue weighted by atomic mass is 19.4. The van der Waals surface area contributed by atoms with Gasteiger partial charge in [-0.1, -0.05) is 56.9 Å². The maximum absolute atomic E-state index is 15.0. The van der Waals surface area contributed by atoms with Crippen molar-refractivity contribution in [1.29, 1.82) is 0 Å². The second-order valence-electron chi connectivity index (χ2n) is 10.2. The van der Waals surface area contributed by atoms with E-state index in [9.17, 15) is 17.6 Å². The smallest absolute Gasteiger partial charge is 0.403 e. The molecular weight excluding hydrogens is 490 g/mol. The molecule has 7 heteroatoms. The first-order valence-corrected chi connectivity index (χ1v) is 13.1. The molecule has 0 radical (unpaired) electrons. The van der Waals surface area contributed by atoms with E-state index in [1.165, 1.54) is 49.9 Å². The highest BCUT2D eigenvalue weighted by Crippen LogP contribution is 2.40. The van der Waals surface area contributed by atoms with E-state index in [1.807, 2.05) is 0 Å². The van der Waals surface area contributed by atoms with Crippen LogP contribution in [-0.2, 0) is 12.8 Å². The van der Waals surface area contributed by atoms with Gasteiger partial charge in [0.25, 0.3) is 0 Å². The molecule has 1 nitrogen and oxygen atoms in total. The number of rotatable bonds is 9. The largest absolute Gasteiger partial charge is 0.573 e. The number of halogens is 6. The fraction of sp³-hybridized carbons (Fsp3) is 0.467. The van der Waals surface area contributed by atoms with Gasteiger partial charge in [0.1, 0.15) is 11.6 Å². The van der Waals surface area contributed by atoms with E-state index in [-0.39, 0.29) is 16.9 Å². The number of ether oxygens (including phenoxy) is 1. The van der Waals surface area contributed by atoms with Crippen molar-refractivity contribution in [3.05, 3.63) is 76.6 Å². The number of fused-ring (bicyclic) bond motifs is 1. The monoisotopic (exact) mass is 522 g/mol. The van der Waals surface area contributed by atoms with Crippen molar-refractivity contribution in [1.82, 2.24) is 0 Å². The summed E-state index contributed by atoms with van der Waals surface area (Å²) in [6.45, 7) is 2.19. The molecule has 1 aliphatic carbocycles. The normalized spacial score (nSPS) is 18.4. The number of benzene rings is 3. The second kappa shape index (κ2) is 11.8. The van der Waals surface area contributed by atoms with Gasteiger partial charge in [0.05, 0.1) is 0 Å². The summed E-state index contributed by atoms with van der Waals surface area (Å²) in [7, 11) is 0. The molecule has 1 aliphatic rings. The summed E-state index contributed by atoms with van der Waals surface area (Å²) in [5.74, 6) is -2.39. The molecule has 0 spiro atoms. The summed E-state index contributed by atoms with van der Waals surface area (Å²) >= 11 is 0. The van der Waals surface area contributed by atoms with Gasteiger partial charge in [0, 0.05) is 10.9 Å². The van der Waals surface area contributed by atoms with E-state index in [1.54, 1.807) is 12.1 Å². The van der Waals surface area contributed by atoms with Gasteiger partial charge in [-0.15, -0.1) is 13.2 Å². The lowest BCUT2D eigenvalue weighted by molar-refractivity contribution is -0.275. The zero-order valence-electron chi connectivity index (χ0n) is 20.9. The quantitative estimate of drug-likeness (QED) is 0.201. The average molecular weight is 523 g/mol. The van der Waals surface area contributed by atoms with Crippen LogP contribution in [0.15, 0.2) is 42.5 Å². The predicted octanol–water partition coefficient (Wildman–Crippen LogP) is 9.79. The van der Waals surface area contributed by atoms with E-state index >= 15 is 8.78 Å². The van der Waals surface area contributed by atoms with Gasteiger partial charge in [-0.05, 0) is 85.1 Å². The van der Waals surface area contributed by atoms with E-state index in [4.69, 9.17) is 0 Å². The first-order chi connectivity index (χ1) is 17.6. The van der Waals surface area contributed by atoms with E-state index < -0.39 is 29.6 Å². The molecule has 1 saturated carbocycles. The summed E-state index contributed by atoms with van der Waals surface area (Å²) in [6, 6.07) is 9.78. The van der Waals surface area contributed by atoms with E-state index in [2.05, 4.69) is 11.7 Å². The fourth-order valence-corrected chi connectivity index (χ4v) is 5.56. The molecule has 0 heterocycles. The first-order valence-electron chi connectivity index (χ1n) is 13.1. The van der Waals surface area contributed by atoms with Crippen molar-refractivity contribution in [2.75, 3.05) is 0 Å². The SMILES string of the molecule is CCCCCC1CCC(c2c(F)cc(CCc3ccc4c(F)c(OC(F)(F)F)ccc4c3)cc2F)CC1. The van der Waals surface area contributed by atoms with Crippen LogP contribution in [0.25, 0.3) is 10.8 Å². The number of aryl methyl sites for hydroxylation is 2. The number of hydrogen-bond acceptors (Lipinski definition) is 1. The minimum atomic E-state index is -4.98. The average Bonchev–Trinajstić information content (AvgIpc) is 2.84. The highest BCUT2D eigenvalue weighted by Gasteiger charge is 2.32. The molecule has 0 unspecified atom stereocenters. The third-order valence-electron chi connectivity index (χ3n) is 7.52. The minimum absolute atomic E-state index is 0.00651. The lowest BCUT2D eigenvalue weighted by atomic mass is 9.76. The fourth-order valence-electron chi connectivity index (χ4n) is 5.56. The minimum Gasteiger partial charge on any atom is -0.403 e. The summed E-state index contributed by atoms with van der Waals surface area (Å²) in [5.41, 5.74) is 1.52. The predicted molar refractivity (Wildman–Crippen MR) is 133 cm³/mol. The maximum Gasteiger partial charge on any atom is 0.573 e. The summed E-state index contributed by atoms with van der Waals surface area (Å²) < 4.78 is 85.6. The summed E-state index contributed by atoms with van der Waals surface area (Å²) in [6.07, 6.45) is 4.35. The van der Waals surface area contributed by atoms with Gasteiger partial charge in [-0.25, -0.2) is 13.2 Å². The van der Waals surface area contributed by atoms with Crippen LogP contribution in [-0.4, -0.2) is 6.36 Å². The van der Waals surface area contributed by atoms with Crippen molar-refractivity contribution < 1.29 is 31.1 Å². The van der Waals surface area contributed by atoms with Gasteiger partial charge >= 0.3 is 6.36 Å². The molecule has 4 rings (SSSR count). The van der Waals surface area contributed by atoms with E-state index in [0.717, 1.165) is 37.3 Å². The molecule has 3 aromatic carbocycles. The van der Waals surface area contributed by atoms with Crippen LogP contribution in [0.2, 0.25) is 0 Å². The Bertz CT molecular complexity index is 1190. The Morgan fingerprint density at radius 1 is 0.811 bits per heavy atom. The van der Waals surface area contributed by atoms with Crippen molar-refractivity contribution in [3.63, 3.8) is 0 Å². The Labute approximate surface area is 213 Å². The third-order valence-corrected chi connectivity index (χ3v) is 7.52. The van der Waals surface area contributed by atoms with Gasteiger partial charge in [-0.3, -0.25) is 0 Å². The van der Waals surface area contributed by atoms with Crippen molar-refractivity contribution in [2.24, 2.45) is 5.92 Å². The lowest BCUT2D eigenvalue weighted by Gasteiger charge is -2.29. The first kappa shape index (κ1) is 27.3. The van der Waals surface area contributed by atoms with Gasteiger partial charge in [0.15, 0.2) is 11.6 Å². The standard InChI is InChI=1S/C30H32F6O/c1-2-3-4-5-19-8-11-22(12-9-19)28-25(31)17-21(18-26(28)32)7-6-20-10-14-24-23(16-20)13-15-27(29(24)33)37-30(34,35)36/h10,13-19,22H,2-9,11-12H2,1H3. The van der Waals surface area contributed by atoms with Crippen LogP contribution < -0.4 is 4.74 Å². The van der Waals surface area contributed by atoms with Crippen molar-refractivity contribution in [2.45, 2.75) is 83.4 Å². The van der Waals surface area contributed by atoms with Crippen LogP contribution >= 0.6 is 0 Å². The molecule has 200 valence electrons. The second-order valence-corrected chi connectivity index (χ2v) is 10.2. The molecule has 0 aliphatic heterocycles.